The lowest BCUT2D eigenvalue weighted by Gasteiger charge is -2.05. The van der Waals surface area contributed by atoms with Gasteiger partial charge in [-0.2, -0.15) is 0 Å². The molecule has 0 radical (unpaired) electrons. The maximum Gasteiger partial charge on any atom is 0.329 e. The first kappa shape index (κ1) is 13.8. The predicted octanol–water partition coefficient (Wildman–Crippen LogP) is 0.855. The average Bonchev–Trinajstić information content (AvgIpc) is 2.88. The smallest absolute Gasteiger partial charge is 0.329 e. The van der Waals surface area contributed by atoms with E-state index in [-0.39, 0.29) is 25.8 Å². The fourth-order valence-corrected chi connectivity index (χ4v) is 2.83. The first-order valence-electron chi connectivity index (χ1n) is 5.98. The standard InChI is InChI=1S/C11H15N3O4S/c15-9(16)6-18-5-4-12-10(17)14-11-13-7-2-1-3-8(7)19-11/h1-6H2,(H,15,16)(H2,12,13,14,17). The van der Waals surface area contributed by atoms with Crippen LogP contribution >= 0.6 is 11.3 Å². The van der Waals surface area contributed by atoms with Gasteiger partial charge in [0, 0.05) is 11.4 Å². The van der Waals surface area contributed by atoms with E-state index in [0.29, 0.717) is 5.13 Å². The summed E-state index contributed by atoms with van der Waals surface area (Å²) in [5, 5.41) is 14.2. The van der Waals surface area contributed by atoms with Gasteiger partial charge < -0.3 is 15.2 Å². The average molecular weight is 285 g/mol. The summed E-state index contributed by atoms with van der Waals surface area (Å²) < 4.78 is 4.79. The summed E-state index contributed by atoms with van der Waals surface area (Å²) in [6, 6.07) is -0.355. The number of aryl methyl sites for hydroxylation is 2. The molecule has 0 aliphatic heterocycles. The number of rotatable bonds is 6. The molecular weight excluding hydrogens is 270 g/mol. The first-order chi connectivity index (χ1) is 9.15. The Morgan fingerprint density at radius 3 is 3.00 bits per heavy atom. The second-order valence-corrected chi connectivity index (χ2v) is 5.15. The van der Waals surface area contributed by atoms with Gasteiger partial charge in [0.25, 0.3) is 0 Å². The van der Waals surface area contributed by atoms with Gasteiger partial charge in [0.05, 0.1) is 12.3 Å². The molecule has 2 rings (SSSR count). The quantitative estimate of drug-likeness (QED) is 0.673. The van der Waals surface area contributed by atoms with Crippen LogP contribution in [0.25, 0.3) is 0 Å². The zero-order valence-electron chi connectivity index (χ0n) is 10.3. The van der Waals surface area contributed by atoms with Crippen LogP contribution in [0.1, 0.15) is 17.0 Å². The number of fused-ring (bicyclic) bond motifs is 1. The molecule has 19 heavy (non-hydrogen) atoms. The van der Waals surface area contributed by atoms with E-state index >= 15 is 0 Å². The topological polar surface area (TPSA) is 101 Å². The highest BCUT2D eigenvalue weighted by Crippen LogP contribution is 2.30. The summed E-state index contributed by atoms with van der Waals surface area (Å²) in [6.45, 7) is 0.0563. The molecule has 0 unspecified atom stereocenters. The van der Waals surface area contributed by atoms with Gasteiger partial charge in [-0.3, -0.25) is 5.32 Å². The number of aliphatic carboxylic acids is 1. The number of nitrogens with zero attached hydrogens (tertiary/aromatic N) is 1. The van der Waals surface area contributed by atoms with Crippen LogP contribution in [0.3, 0.4) is 0 Å². The third-order valence-corrected chi connectivity index (χ3v) is 3.65. The fraction of sp³-hybridized carbons (Fsp3) is 0.545. The Kier molecular flexibility index (Phi) is 4.69. The van der Waals surface area contributed by atoms with Gasteiger partial charge in [0.15, 0.2) is 5.13 Å². The van der Waals surface area contributed by atoms with Gasteiger partial charge in [0.1, 0.15) is 6.61 Å². The van der Waals surface area contributed by atoms with Gasteiger partial charge >= 0.3 is 12.0 Å². The van der Waals surface area contributed by atoms with Gasteiger partial charge in [0.2, 0.25) is 0 Å². The van der Waals surface area contributed by atoms with Crippen molar-refractivity contribution >= 4 is 28.5 Å². The number of nitrogens with one attached hydrogen (secondary N) is 2. The molecule has 104 valence electrons. The number of carboxylic acids is 1. The van der Waals surface area contributed by atoms with E-state index in [1.807, 2.05) is 0 Å². The third-order valence-electron chi connectivity index (χ3n) is 2.57. The monoisotopic (exact) mass is 285 g/mol. The molecule has 1 aliphatic rings. The number of urea groups is 1. The van der Waals surface area contributed by atoms with E-state index in [2.05, 4.69) is 15.6 Å². The number of anilines is 1. The van der Waals surface area contributed by atoms with E-state index in [4.69, 9.17) is 9.84 Å². The minimum atomic E-state index is -1.03. The Bertz CT molecular complexity index is 453. The number of carboxylic acid groups (broad SMARTS) is 1. The van der Waals surface area contributed by atoms with Crippen LogP contribution in [-0.2, 0) is 22.4 Å². The Balaban J connectivity index is 1.65. The fourth-order valence-electron chi connectivity index (χ4n) is 1.78. The molecule has 1 aromatic heterocycles. The summed E-state index contributed by atoms with van der Waals surface area (Å²) in [5.41, 5.74) is 1.09. The van der Waals surface area contributed by atoms with Gasteiger partial charge in [-0.25, -0.2) is 14.6 Å². The molecule has 0 fully saturated rings. The molecule has 0 spiro atoms. The zero-order valence-corrected chi connectivity index (χ0v) is 11.1. The number of thiazole rings is 1. The molecule has 1 aromatic rings. The largest absolute Gasteiger partial charge is 0.480 e. The number of hydrogen-bond acceptors (Lipinski definition) is 5. The minimum Gasteiger partial charge on any atom is -0.480 e. The zero-order chi connectivity index (χ0) is 13.7. The molecule has 3 N–H and O–H groups in total. The Morgan fingerprint density at radius 1 is 1.42 bits per heavy atom. The van der Waals surface area contributed by atoms with Gasteiger partial charge in [-0.15, -0.1) is 11.3 Å². The van der Waals surface area contributed by atoms with Crippen molar-refractivity contribution in [3.05, 3.63) is 10.6 Å². The maximum atomic E-state index is 11.5. The van der Waals surface area contributed by atoms with E-state index in [1.54, 1.807) is 0 Å². The Hall–Kier alpha value is -1.67. The molecule has 1 heterocycles. The molecule has 0 saturated carbocycles. The highest BCUT2D eigenvalue weighted by atomic mass is 32.1. The molecule has 0 saturated heterocycles. The molecule has 8 heteroatoms. The lowest BCUT2D eigenvalue weighted by atomic mass is 10.4. The van der Waals surface area contributed by atoms with Crippen LogP contribution in [0, 0.1) is 0 Å². The summed E-state index contributed by atoms with van der Waals surface area (Å²) in [4.78, 5) is 27.3. The minimum absolute atomic E-state index is 0.161. The number of aromatic nitrogens is 1. The van der Waals surface area contributed by atoms with Crippen molar-refractivity contribution in [2.24, 2.45) is 0 Å². The van der Waals surface area contributed by atoms with E-state index < -0.39 is 5.97 Å². The molecule has 2 amide bonds. The van der Waals surface area contributed by atoms with Crippen molar-refractivity contribution < 1.29 is 19.4 Å². The van der Waals surface area contributed by atoms with Crippen LogP contribution in [-0.4, -0.2) is 41.8 Å². The molecule has 0 atom stereocenters. The third kappa shape index (κ3) is 4.18. The van der Waals surface area contributed by atoms with E-state index in [9.17, 15) is 9.59 Å². The predicted molar refractivity (Wildman–Crippen MR) is 69.6 cm³/mol. The molecule has 7 nitrogen and oxygen atoms in total. The summed E-state index contributed by atoms with van der Waals surface area (Å²) in [5.74, 6) is -1.03. The van der Waals surface area contributed by atoms with Crippen molar-refractivity contribution in [2.45, 2.75) is 19.3 Å². The van der Waals surface area contributed by atoms with Gasteiger partial charge in [-0.1, -0.05) is 0 Å². The number of ether oxygens (including phenoxy) is 1. The van der Waals surface area contributed by atoms with Crippen LogP contribution in [0.5, 0.6) is 0 Å². The SMILES string of the molecule is O=C(O)COCCNC(=O)Nc1nc2c(s1)CCC2. The number of carbonyl (C=O) groups is 2. The van der Waals surface area contributed by atoms with Crippen molar-refractivity contribution in [3.63, 3.8) is 0 Å². The summed E-state index contributed by atoms with van der Waals surface area (Å²) in [7, 11) is 0. The lowest BCUT2D eigenvalue weighted by molar-refractivity contribution is -0.142. The summed E-state index contributed by atoms with van der Waals surface area (Å²) >= 11 is 1.51. The van der Waals surface area contributed by atoms with Crippen LogP contribution in [0.4, 0.5) is 9.93 Å². The normalized spacial score (nSPS) is 13.1. The van der Waals surface area contributed by atoms with Crippen LogP contribution in [0.2, 0.25) is 0 Å². The lowest BCUT2D eigenvalue weighted by Crippen LogP contribution is -2.31. The molecule has 0 bridgehead atoms. The van der Waals surface area contributed by atoms with Crippen LogP contribution in [0.15, 0.2) is 0 Å². The van der Waals surface area contributed by atoms with Crippen molar-refractivity contribution in [1.29, 1.82) is 0 Å². The highest BCUT2D eigenvalue weighted by Gasteiger charge is 2.17. The second kappa shape index (κ2) is 6.48. The Morgan fingerprint density at radius 2 is 2.26 bits per heavy atom. The molecular formula is C11H15N3O4S. The van der Waals surface area contributed by atoms with E-state index in [0.717, 1.165) is 25.0 Å². The van der Waals surface area contributed by atoms with Crippen LogP contribution < -0.4 is 10.6 Å². The number of carbonyl (C=O) groups excluding carboxylic acids is 1. The molecule has 1 aliphatic carbocycles. The van der Waals surface area contributed by atoms with Crippen molar-refractivity contribution in [1.82, 2.24) is 10.3 Å². The molecule has 0 aromatic carbocycles. The second-order valence-electron chi connectivity index (χ2n) is 4.07. The highest BCUT2D eigenvalue weighted by molar-refractivity contribution is 7.15. The van der Waals surface area contributed by atoms with Crippen molar-refractivity contribution in [3.8, 4) is 0 Å². The van der Waals surface area contributed by atoms with E-state index in [1.165, 1.54) is 16.2 Å². The maximum absolute atomic E-state index is 11.5. The van der Waals surface area contributed by atoms with Gasteiger partial charge in [-0.05, 0) is 19.3 Å². The summed E-state index contributed by atoms with van der Waals surface area (Å²) in [6.07, 6.45) is 3.17. The number of hydrogen-bond donors (Lipinski definition) is 3. The number of amides is 2. The first-order valence-corrected chi connectivity index (χ1v) is 6.80. The van der Waals surface area contributed by atoms with Crippen molar-refractivity contribution in [2.75, 3.05) is 25.1 Å². The Labute approximate surface area is 114 Å².